The van der Waals surface area contributed by atoms with Crippen LogP contribution in [0.3, 0.4) is 0 Å². The number of pyridine rings is 1. The number of amides is 2. The zero-order chi connectivity index (χ0) is 19.3. The van der Waals surface area contributed by atoms with E-state index in [1.807, 2.05) is 24.3 Å². The first-order valence-corrected chi connectivity index (χ1v) is 9.43. The number of carbonyl (C=O) groups excluding carboxylic acids is 2. The summed E-state index contributed by atoms with van der Waals surface area (Å²) in [5.74, 6) is -0.127. The summed E-state index contributed by atoms with van der Waals surface area (Å²) in [6.45, 7) is 0.714. The molecule has 0 radical (unpaired) electrons. The van der Waals surface area contributed by atoms with Gasteiger partial charge in [0.2, 0.25) is 5.91 Å². The van der Waals surface area contributed by atoms with E-state index < -0.39 is 5.91 Å². The minimum atomic E-state index is -0.524. The van der Waals surface area contributed by atoms with Gasteiger partial charge in [-0.15, -0.1) is 0 Å². The number of nitrogens with one attached hydrogen (secondary N) is 1. The molecule has 0 unspecified atom stereocenters. The van der Waals surface area contributed by atoms with Crippen LogP contribution in [0, 0.1) is 5.41 Å². The smallest absolute Gasteiger partial charge is 0.283 e. The number of hydrogen-bond donors (Lipinski definition) is 2. The summed E-state index contributed by atoms with van der Waals surface area (Å²) in [6, 6.07) is 10.9. The fourth-order valence-corrected chi connectivity index (χ4v) is 4.42. The molecule has 2 N–H and O–H groups in total. The van der Waals surface area contributed by atoms with Gasteiger partial charge in [-0.3, -0.25) is 19.2 Å². The zero-order valence-corrected chi connectivity index (χ0v) is 15.3. The number of hydrogen-bond acceptors (Lipinski definition) is 4. The second kappa shape index (κ2) is 6.17. The number of aryl methyl sites for hydroxylation is 1. The van der Waals surface area contributed by atoms with Gasteiger partial charge in [0, 0.05) is 18.3 Å². The summed E-state index contributed by atoms with van der Waals surface area (Å²) >= 11 is 0. The Balaban J connectivity index is 1.46. The standard InChI is InChI=1S/C21H20N4O3/c26-19(25(28)18-13-23-17-3-1-2-10-24(17)18)15-5-4-14-6-7-21(12-16(14)11-15)8-9-22-20(21)27/h1-5,10-11,13,28H,6-9,12H2,(H,22,27)/t21-/m0/s1. The summed E-state index contributed by atoms with van der Waals surface area (Å²) < 4.78 is 1.65. The molecule has 28 heavy (non-hydrogen) atoms. The van der Waals surface area contributed by atoms with Crippen LogP contribution >= 0.6 is 0 Å². The molecule has 2 aromatic heterocycles. The van der Waals surface area contributed by atoms with Crippen molar-refractivity contribution in [2.75, 3.05) is 11.6 Å². The molecule has 3 aromatic rings. The first-order valence-electron chi connectivity index (χ1n) is 9.43. The van der Waals surface area contributed by atoms with E-state index in [0.717, 1.165) is 24.8 Å². The molecule has 7 heteroatoms. The van der Waals surface area contributed by atoms with E-state index in [1.54, 1.807) is 22.7 Å². The lowest BCUT2D eigenvalue weighted by Crippen LogP contribution is -2.36. The first-order chi connectivity index (χ1) is 13.6. The van der Waals surface area contributed by atoms with E-state index in [1.165, 1.54) is 11.8 Å². The maximum Gasteiger partial charge on any atom is 0.283 e. The van der Waals surface area contributed by atoms with Gasteiger partial charge in [0.1, 0.15) is 5.65 Å². The minimum absolute atomic E-state index is 0.115. The van der Waals surface area contributed by atoms with E-state index in [4.69, 9.17) is 0 Å². The van der Waals surface area contributed by atoms with Gasteiger partial charge in [-0.25, -0.2) is 4.98 Å². The number of benzene rings is 1. The lowest BCUT2D eigenvalue weighted by Gasteiger charge is -2.32. The predicted octanol–water partition coefficient (Wildman–Crippen LogP) is 2.37. The fraction of sp³-hybridized carbons (Fsp3) is 0.286. The van der Waals surface area contributed by atoms with Crippen molar-refractivity contribution in [3.8, 4) is 0 Å². The Hall–Kier alpha value is -3.19. The Morgan fingerprint density at radius 3 is 2.93 bits per heavy atom. The first kappa shape index (κ1) is 16.9. The molecule has 1 aromatic carbocycles. The van der Waals surface area contributed by atoms with Crippen LogP contribution in [-0.4, -0.2) is 33.0 Å². The average Bonchev–Trinajstić information content (AvgIpc) is 3.30. The molecular weight excluding hydrogens is 356 g/mol. The highest BCUT2D eigenvalue weighted by atomic mass is 16.5. The van der Waals surface area contributed by atoms with Crippen molar-refractivity contribution in [3.05, 3.63) is 65.5 Å². The van der Waals surface area contributed by atoms with Crippen molar-refractivity contribution in [1.82, 2.24) is 14.7 Å². The number of anilines is 1. The van der Waals surface area contributed by atoms with Gasteiger partial charge in [-0.05, 0) is 61.1 Å². The fourth-order valence-electron chi connectivity index (χ4n) is 4.42. The monoisotopic (exact) mass is 376 g/mol. The topological polar surface area (TPSA) is 86.9 Å². The van der Waals surface area contributed by atoms with Crippen molar-refractivity contribution in [3.63, 3.8) is 0 Å². The lowest BCUT2D eigenvalue weighted by molar-refractivity contribution is -0.128. The molecule has 1 fully saturated rings. The Morgan fingerprint density at radius 2 is 2.11 bits per heavy atom. The number of carbonyl (C=O) groups is 2. The SMILES string of the molecule is O=C(c1ccc2c(c1)C[C@@]1(CCNC1=O)CC2)N(O)c1cnc2ccccn12. The van der Waals surface area contributed by atoms with E-state index in [9.17, 15) is 14.8 Å². The maximum absolute atomic E-state index is 12.9. The molecule has 1 atom stereocenters. The van der Waals surface area contributed by atoms with Crippen LogP contribution < -0.4 is 10.4 Å². The molecule has 5 rings (SSSR count). The molecule has 0 bridgehead atoms. The van der Waals surface area contributed by atoms with Crippen molar-refractivity contribution in [2.24, 2.45) is 5.41 Å². The van der Waals surface area contributed by atoms with Gasteiger partial charge in [-0.2, -0.15) is 5.06 Å². The number of hydroxylamine groups is 1. The molecule has 142 valence electrons. The molecule has 2 aliphatic rings. The van der Waals surface area contributed by atoms with Crippen molar-refractivity contribution < 1.29 is 14.8 Å². The van der Waals surface area contributed by atoms with Crippen LogP contribution in [0.1, 0.15) is 34.3 Å². The second-order valence-corrected chi connectivity index (χ2v) is 7.61. The van der Waals surface area contributed by atoms with Gasteiger partial charge in [0.25, 0.3) is 5.91 Å². The normalized spacial score (nSPS) is 21.0. The zero-order valence-electron chi connectivity index (χ0n) is 15.3. The molecule has 1 spiro atoms. The van der Waals surface area contributed by atoms with Crippen molar-refractivity contribution in [2.45, 2.75) is 25.7 Å². The molecule has 1 aliphatic heterocycles. The molecule has 1 aliphatic carbocycles. The van der Waals surface area contributed by atoms with Crippen molar-refractivity contribution in [1.29, 1.82) is 0 Å². The van der Waals surface area contributed by atoms with E-state index in [-0.39, 0.29) is 17.1 Å². The van der Waals surface area contributed by atoms with Gasteiger partial charge >= 0.3 is 0 Å². The third-order valence-corrected chi connectivity index (χ3v) is 6.03. The van der Waals surface area contributed by atoms with Crippen LogP contribution in [0.4, 0.5) is 5.82 Å². The van der Waals surface area contributed by atoms with Gasteiger partial charge in [0.15, 0.2) is 5.82 Å². The van der Waals surface area contributed by atoms with Gasteiger partial charge < -0.3 is 5.32 Å². The molecule has 2 amide bonds. The van der Waals surface area contributed by atoms with Gasteiger partial charge in [-0.1, -0.05) is 12.1 Å². The van der Waals surface area contributed by atoms with E-state index in [0.29, 0.717) is 29.2 Å². The highest BCUT2D eigenvalue weighted by Crippen LogP contribution is 2.41. The number of fused-ring (bicyclic) bond motifs is 2. The Bertz CT molecular complexity index is 1110. The molecule has 7 nitrogen and oxygen atoms in total. The van der Waals surface area contributed by atoms with E-state index >= 15 is 0 Å². The van der Waals surface area contributed by atoms with Crippen LogP contribution in [0.2, 0.25) is 0 Å². The highest BCUT2D eigenvalue weighted by molar-refractivity contribution is 6.04. The minimum Gasteiger partial charge on any atom is -0.356 e. The Morgan fingerprint density at radius 1 is 1.21 bits per heavy atom. The molecule has 3 heterocycles. The van der Waals surface area contributed by atoms with E-state index in [2.05, 4.69) is 10.3 Å². The highest BCUT2D eigenvalue weighted by Gasteiger charge is 2.44. The maximum atomic E-state index is 12.9. The predicted molar refractivity (Wildman–Crippen MR) is 102 cm³/mol. The lowest BCUT2D eigenvalue weighted by atomic mass is 9.70. The number of imidazole rings is 1. The summed E-state index contributed by atoms with van der Waals surface area (Å²) in [5.41, 5.74) is 2.86. The summed E-state index contributed by atoms with van der Waals surface area (Å²) in [5, 5.41) is 14.1. The molecular formula is C21H20N4O3. The summed E-state index contributed by atoms with van der Waals surface area (Å²) in [7, 11) is 0. The number of nitrogens with zero attached hydrogens (tertiary/aromatic N) is 3. The average molecular weight is 376 g/mol. The van der Waals surface area contributed by atoms with Crippen LogP contribution in [-0.2, 0) is 17.6 Å². The van der Waals surface area contributed by atoms with Crippen molar-refractivity contribution >= 4 is 23.3 Å². The Kier molecular flexibility index (Phi) is 3.73. The van der Waals surface area contributed by atoms with Gasteiger partial charge in [0.05, 0.1) is 11.6 Å². The third-order valence-electron chi connectivity index (χ3n) is 6.03. The summed E-state index contributed by atoms with van der Waals surface area (Å²) in [6.07, 6.45) is 6.33. The quantitative estimate of drug-likeness (QED) is 0.531. The Labute approximate surface area is 161 Å². The van der Waals surface area contributed by atoms with Crippen LogP contribution in [0.5, 0.6) is 0 Å². The molecule has 1 saturated heterocycles. The van der Waals surface area contributed by atoms with Crippen LogP contribution in [0.15, 0.2) is 48.8 Å². The summed E-state index contributed by atoms with van der Waals surface area (Å²) in [4.78, 5) is 29.4. The largest absolute Gasteiger partial charge is 0.356 e. The number of rotatable bonds is 2. The second-order valence-electron chi connectivity index (χ2n) is 7.61. The third kappa shape index (κ3) is 2.51. The molecule has 0 saturated carbocycles. The number of aromatic nitrogens is 2. The van der Waals surface area contributed by atoms with Crippen LogP contribution in [0.25, 0.3) is 5.65 Å².